The highest BCUT2D eigenvalue weighted by Crippen LogP contribution is 2.20. The van der Waals surface area contributed by atoms with Crippen molar-refractivity contribution >= 4 is 35.0 Å². The smallest absolute Gasteiger partial charge is 0.255 e. The van der Waals surface area contributed by atoms with Gasteiger partial charge in [0.15, 0.2) is 5.96 Å². The van der Waals surface area contributed by atoms with E-state index in [4.69, 9.17) is 11.5 Å². The Balaban J connectivity index is 2.10. The Morgan fingerprint density at radius 2 is 1.91 bits per heavy atom. The molecule has 2 rings (SSSR count). The van der Waals surface area contributed by atoms with Gasteiger partial charge in [0.1, 0.15) is 0 Å². The third-order valence-corrected chi connectivity index (χ3v) is 3.68. The molecule has 114 valence electrons. The lowest BCUT2D eigenvalue weighted by Gasteiger charge is -2.07. The molecule has 0 aromatic heterocycles. The van der Waals surface area contributed by atoms with Gasteiger partial charge in [0.05, 0.1) is 5.69 Å². The molecule has 0 heterocycles. The van der Waals surface area contributed by atoms with Crippen LogP contribution in [0.1, 0.15) is 17.3 Å². The number of amides is 1. The molecule has 2 aromatic carbocycles. The predicted molar refractivity (Wildman–Crippen MR) is 92.7 cm³/mol. The summed E-state index contributed by atoms with van der Waals surface area (Å²) in [6.45, 7) is 2.10. The second-order valence-electron chi connectivity index (χ2n) is 4.50. The van der Waals surface area contributed by atoms with Crippen molar-refractivity contribution in [2.45, 2.75) is 11.8 Å². The van der Waals surface area contributed by atoms with E-state index in [2.05, 4.69) is 17.2 Å². The van der Waals surface area contributed by atoms with Crippen molar-refractivity contribution in [2.24, 2.45) is 16.5 Å². The summed E-state index contributed by atoms with van der Waals surface area (Å²) >= 11 is 1.76. The highest BCUT2D eigenvalue weighted by molar-refractivity contribution is 7.99. The van der Waals surface area contributed by atoms with E-state index in [1.807, 2.05) is 24.3 Å². The Morgan fingerprint density at radius 3 is 2.55 bits per heavy atom. The number of carbonyl (C=O) groups excluding carboxylic acids is 1. The van der Waals surface area contributed by atoms with Gasteiger partial charge in [-0.25, -0.2) is 4.99 Å². The van der Waals surface area contributed by atoms with Crippen LogP contribution in [0.4, 0.5) is 11.4 Å². The summed E-state index contributed by atoms with van der Waals surface area (Å²) in [6, 6.07) is 14.6. The number of rotatable bonds is 5. The molecule has 0 aliphatic rings. The van der Waals surface area contributed by atoms with Gasteiger partial charge in [0, 0.05) is 16.1 Å². The number of guanidine groups is 1. The molecule has 6 heteroatoms. The zero-order chi connectivity index (χ0) is 15.9. The highest BCUT2D eigenvalue weighted by atomic mass is 32.2. The molecule has 0 radical (unpaired) electrons. The molecule has 1 amide bonds. The van der Waals surface area contributed by atoms with Crippen LogP contribution in [0, 0.1) is 0 Å². The lowest BCUT2D eigenvalue weighted by molar-refractivity contribution is 0.102. The molecule has 0 saturated heterocycles. The van der Waals surface area contributed by atoms with Gasteiger partial charge in [0.2, 0.25) is 0 Å². The maximum absolute atomic E-state index is 12.2. The molecule has 0 unspecified atom stereocenters. The lowest BCUT2D eigenvalue weighted by Crippen LogP contribution is -2.21. The fourth-order valence-electron chi connectivity index (χ4n) is 1.87. The number of hydrogen-bond acceptors (Lipinski definition) is 3. The molecule has 0 fully saturated rings. The van der Waals surface area contributed by atoms with E-state index in [-0.39, 0.29) is 11.9 Å². The van der Waals surface area contributed by atoms with E-state index >= 15 is 0 Å². The average Bonchev–Trinajstić information content (AvgIpc) is 2.49. The Kier molecular flexibility index (Phi) is 5.43. The van der Waals surface area contributed by atoms with E-state index in [1.165, 1.54) is 4.90 Å². The minimum atomic E-state index is -0.205. The first-order valence-electron chi connectivity index (χ1n) is 6.82. The van der Waals surface area contributed by atoms with Crippen molar-refractivity contribution in [1.29, 1.82) is 0 Å². The Hall–Kier alpha value is -2.47. The van der Waals surface area contributed by atoms with E-state index < -0.39 is 0 Å². The summed E-state index contributed by atoms with van der Waals surface area (Å²) in [7, 11) is 0. The summed E-state index contributed by atoms with van der Waals surface area (Å²) in [5.41, 5.74) is 12.5. The third-order valence-electron chi connectivity index (χ3n) is 2.79. The van der Waals surface area contributed by atoms with Crippen LogP contribution in [-0.2, 0) is 0 Å². The number of nitrogens with two attached hydrogens (primary N) is 2. The molecule has 0 spiro atoms. The lowest BCUT2D eigenvalue weighted by atomic mass is 10.2. The summed E-state index contributed by atoms with van der Waals surface area (Å²) < 4.78 is 0. The van der Waals surface area contributed by atoms with Gasteiger partial charge in [-0.15, -0.1) is 11.8 Å². The van der Waals surface area contributed by atoms with E-state index in [0.717, 1.165) is 11.4 Å². The van der Waals surface area contributed by atoms with Crippen LogP contribution in [-0.4, -0.2) is 17.6 Å². The van der Waals surface area contributed by atoms with Crippen molar-refractivity contribution in [1.82, 2.24) is 0 Å². The second kappa shape index (κ2) is 7.51. The maximum Gasteiger partial charge on any atom is 0.255 e. The van der Waals surface area contributed by atoms with E-state index in [0.29, 0.717) is 11.3 Å². The normalized spacial score (nSPS) is 10.0. The zero-order valence-electron chi connectivity index (χ0n) is 12.2. The summed E-state index contributed by atoms with van der Waals surface area (Å²) in [5.74, 6) is 0.772. The largest absolute Gasteiger partial charge is 0.370 e. The van der Waals surface area contributed by atoms with Crippen molar-refractivity contribution in [3.05, 3.63) is 54.1 Å². The number of carbonyl (C=O) groups is 1. The fraction of sp³-hybridized carbons (Fsp3) is 0.125. The molecule has 5 N–H and O–H groups in total. The van der Waals surface area contributed by atoms with Crippen LogP contribution in [0.5, 0.6) is 0 Å². The van der Waals surface area contributed by atoms with Gasteiger partial charge in [-0.05, 0) is 48.2 Å². The number of nitrogens with one attached hydrogen (secondary N) is 1. The average molecular weight is 314 g/mol. The summed E-state index contributed by atoms with van der Waals surface area (Å²) in [4.78, 5) is 17.3. The van der Waals surface area contributed by atoms with Crippen LogP contribution < -0.4 is 16.8 Å². The van der Waals surface area contributed by atoms with Gasteiger partial charge in [-0.2, -0.15) is 0 Å². The number of anilines is 1. The fourth-order valence-corrected chi connectivity index (χ4v) is 2.53. The molecule has 5 nitrogen and oxygen atoms in total. The van der Waals surface area contributed by atoms with Crippen molar-refractivity contribution in [2.75, 3.05) is 11.1 Å². The topological polar surface area (TPSA) is 93.5 Å². The number of hydrogen-bond donors (Lipinski definition) is 3. The molecular formula is C16H18N4OS. The van der Waals surface area contributed by atoms with Crippen LogP contribution in [0.2, 0.25) is 0 Å². The third kappa shape index (κ3) is 4.53. The number of nitrogens with zero attached hydrogens (tertiary/aromatic N) is 1. The van der Waals surface area contributed by atoms with Gasteiger partial charge in [-0.1, -0.05) is 13.0 Å². The maximum atomic E-state index is 12.2. The Bertz CT molecular complexity index is 679. The van der Waals surface area contributed by atoms with E-state index in [9.17, 15) is 4.79 Å². The monoisotopic (exact) mass is 314 g/mol. The molecule has 0 aliphatic carbocycles. The molecule has 0 atom stereocenters. The zero-order valence-corrected chi connectivity index (χ0v) is 13.1. The Morgan fingerprint density at radius 1 is 1.18 bits per heavy atom. The SMILES string of the molecule is CCSc1ccc(NC(=O)c2cccc(N=C(N)N)c2)cc1. The molecule has 0 saturated carbocycles. The van der Waals surface area contributed by atoms with Gasteiger partial charge in [0.25, 0.3) is 5.91 Å². The second-order valence-corrected chi connectivity index (χ2v) is 5.84. The van der Waals surface area contributed by atoms with Crippen molar-refractivity contribution in [3.63, 3.8) is 0 Å². The number of aliphatic imine (C=N–C) groups is 1. The molecular weight excluding hydrogens is 296 g/mol. The quantitative estimate of drug-likeness (QED) is 0.449. The minimum absolute atomic E-state index is 0.0402. The molecule has 0 aliphatic heterocycles. The molecule has 0 bridgehead atoms. The first-order valence-corrected chi connectivity index (χ1v) is 7.81. The first-order chi connectivity index (χ1) is 10.6. The van der Waals surface area contributed by atoms with E-state index in [1.54, 1.807) is 36.0 Å². The van der Waals surface area contributed by atoms with Crippen molar-refractivity contribution in [3.8, 4) is 0 Å². The van der Waals surface area contributed by atoms with Gasteiger partial charge in [-0.3, -0.25) is 4.79 Å². The van der Waals surface area contributed by atoms with Crippen LogP contribution >= 0.6 is 11.8 Å². The van der Waals surface area contributed by atoms with Gasteiger partial charge >= 0.3 is 0 Å². The highest BCUT2D eigenvalue weighted by Gasteiger charge is 2.07. The minimum Gasteiger partial charge on any atom is -0.370 e. The molecule has 22 heavy (non-hydrogen) atoms. The van der Waals surface area contributed by atoms with Crippen LogP contribution in [0.15, 0.2) is 58.4 Å². The summed E-state index contributed by atoms with van der Waals surface area (Å²) in [5, 5.41) is 2.85. The van der Waals surface area contributed by atoms with Crippen molar-refractivity contribution < 1.29 is 4.79 Å². The standard InChI is InChI=1S/C16H18N4OS/c1-2-22-14-8-6-12(7-9-14)19-15(21)11-4-3-5-13(10-11)20-16(17)18/h3-10H,2H2,1H3,(H,19,21)(H4,17,18,20). The van der Waals surface area contributed by atoms with Gasteiger partial charge < -0.3 is 16.8 Å². The summed E-state index contributed by atoms with van der Waals surface area (Å²) in [6.07, 6.45) is 0. The van der Waals surface area contributed by atoms with Crippen LogP contribution in [0.3, 0.4) is 0 Å². The predicted octanol–water partition coefficient (Wildman–Crippen LogP) is 2.96. The Labute approximate surface area is 133 Å². The molecule has 2 aromatic rings. The number of benzene rings is 2. The first kappa shape index (κ1) is 15.9. The van der Waals surface area contributed by atoms with Crippen LogP contribution in [0.25, 0.3) is 0 Å². The number of thioether (sulfide) groups is 1.